The Morgan fingerprint density at radius 3 is 2.18 bits per heavy atom. The normalized spacial score (nSPS) is 13.4. The molecule has 0 rings (SSSR count). The number of carbonyl (C=O) groups excluding carboxylic acids is 2. The lowest BCUT2D eigenvalue weighted by Crippen LogP contribution is -2.20. The van der Waals surface area contributed by atoms with Crippen molar-refractivity contribution in [2.45, 2.75) is 13.1 Å². The smallest absolute Gasteiger partial charge is 0.454 e. The molecule has 2 N–H and O–H groups in total. The molecule has 0 amide bonds. The summed E-state index contributed by atoms with van der Waals surface area (Å²) in [5.41, 5.74) is 0. The summed E-state index contributed by atoms with van der Waals surface area (Å²) in [6.45, 7) is 1.37. The summed E-state index contributed by atoms with van der Waals surface area (Å²) in [6, 6.07) is 0. The number of allylic oxidation sites excluding steroid dienone is 2. The van der Waals surface area contributed by atoms with Crippen LogP contribution in [0.15, 0.2) is 23.7 Å². The van der Waals surface area contributed by atoms with Crippen LogP contribution in [0.25, 0.3) is 0 Å². The Kier molecular flexibility index (Phi) is 5.23. The van der Waals surface area contributed by atoms with Gasteiger partial charge in [-0.3, -0.25) is 4.79 Å². The highest BCUT2D eigenvalue weighted by atomic mass is 19.4. The molecule has 0 aromatic carbocycles. The first kappa shape index (κ1) is 15.0. The van der Waals surface area contributed by atoms with Crippen molar-refractivity contribution in [1.82, 2.24) is 0 Å². The van der Waals surface area contributed by atoms with Crippen molar-refractivity contribution in [3.05, 3.63) is 23.7 Å². The van der Waals surface area contributed by atoms with Crippen LogP contribution in [0.4, 0.5) is 13.2 Å². The molecule has 0 heterocycles. The van der Waals surface area contributed by atoms with Gasteiger partial charge in [0.25, 0.3) is 5.78 Å². The monoisotopic (exact) mass is 254 g/mol. The highest BCUT2D eigenvalue weighted by Crippen LogP contribution is 2.17. The van der Waals surface area contributed by atoms with Gasteiger partial charge in [-0.05, 0) is 6.92 Å². The number of ether oxygens (including phenoxy) is 1. The third-order valence-corrected chi connectivity index (χ3v) is 1.33. The van der Waals surface area contributed by atoms with E-state index in [2.05, 4.69) is 4.74 Å². The van der Waals surface area contributed by atoms with Crippen LogP contribution in [0.5, 0.6) is 0 Å². The topological polar surface area (TPSA) is 83.8 Å². The van der Waals surface area contributed by atoms with E-state index in [-0.39, 0.29) is 18.8 Å². The van der Waals surface area contributed by atoms with Crippen LogP contribution in [0.3, 0.4) is 0 Å². The van der Waals surface area contributed by atoms with Crippen LogP contribution in [0.2, 0.25) is 0 Å². The average molecular weight is 254 g/mol. The second kappa shape index (κ2) is 5.92. The first-order valence-corrected chi connectivity index (χ1v) is 4.28. The lowest BCUT2D eigenvalue weighted by Gasteiger charge is -2.01. The summed E-state index contributed by atoms with van der Waals surface area (Å²) in [7, 11) is 0. The summed E-state index contributed by atoms with van der Waals surface area (Å²) in [4.78, 5) is 21.1. The van der Waals surface area contributed by atoms with Crippen LogP contribution in [-0.4, -0.2) is 34.7 Å². The Bertz CT molecular complexity index is 367. The van der Waals surface area contributed by atoms with Crippen molar-refractivity contribution in [1.29, 1.82) is 0 Å². The second-order valence-corrected chi connectivity index (χ2v) is 2.68. The zero-order valence-electron chi connectivity index (χ0n) is 8.61. The fraction of sp³-hybridized carbons (Fsp3) is 0.333. The van der Waals surface area contributed by atoms with Crippen molar-refractivity contribution in [3.8, 4) is 0 Å². The predicted molar refractivity (Wildman–Crippen MR) is 49.1 cm³/mol. The van der Waals surface area contributed by atoms with E-state index in [0.29, 0.717) is 0 Å². The molecular formula is C9H9F3O5. The third-order valence-electron chi connectivity index (χ3n) is 1.33. The molecule has 0 aliphatic rings. The van der Waals surface area contributed by atoms with Gasteiger partial charge >= 0.3 is 12.1 Å². The van der Waals surface area contributed by atoms with Crippen molar-refractivity contribution in [2.75, 3.05) is 6.61 Å². The van der Waals surface area contributed by atoms with Crippen LogP contribution in [0.1, 0.15) is 6.92 Å². The largest absolute Gasteiger partial charge is 0.508 e. The second-order valence-electron chi connectivity index (χ2n) is 2.68. The van der Waals surface area contributed by atoms with Crippen molar-refractivity contribution < 1.29 is 37.7 Å². The fourth-order valence-electron chi connectivity index (χ4n) is 0.662. The highest BCUT2D eigenvalue weighted by molar-refractivity contribution is 5.95. The third kappa shape index (κ3) is 5.59. The Labute approximate surface area is 93.8 Å². The van der Waals surface area contributed by atoms with Gasteiger partial charge in [0, 0.05) is 12.2 Å². The van der Waals surface area contributed by atoms with Gasteiger partial charge in [-0.1, -0.05) is 0 Å². The molecular weight excluding hydrogens is 245 g/mol. The van der Waals surface area contributed by atoms with Gasteiger partial charge in [0.15, 0.2) is 0 Å². The quantitative estimate of drug-likeness (QED) is 0.344. The fourth-order valence-corrected chi connectivity index (χ4v) is 0.662. The van der Waals surface area contributed by atoms with Crippen molar-refractivity contribution in [3.63, 3.8) is 0 Å². The summed E-state index contributed by atoms with van der Waals surface area (Å²) < 4.78 is 39.5. The Morgan fingerprint density at radius 1 is 1.24 bits per heavy atom. The maximum atomic E-state index is 11.7. The molecule has 0 saturated carbocycles. The standard InChI is InChI=1S/C9H9F3O5/c1-2-17-8(16)6(14)3-5(13)4-7(15)9(10,11)12/h3-4,13-14H,2H2,1H3/b5-4-,6-3-. The molecule has 0 aromatic rings. The number of halogens is 3. The molecule has 0 fully saturated rings. The van der Waals surface area contributed by atoms with E-state index >= 15 is 0 Å². The van der Waals surface area contributed by atoms with E-state index in [0.717, 1.165) is 0 Å². The van der Waals surface area contributed by atoms with Gasteiger partial charge in [-0.15, -0.1) is 0 Å². The van der Waals surface area contributed by atoms with E-state index in [1.165, 1.54) is 6.92 Å². The number of ketones is 1. The van der Waals surface area contributed by atoms with Crippen LogP contribution in [-0.2, 0) is 14.3 Å². The van der Waals surface area contributed by atoms with Crippen LogP contribution >= 0.6 is 0 Å². The van der Waals surface area contributed by atoms with E-state index < -0.39 is 29.4 Å². The number of aliphatic hydroxyl groups excluding tert-OH is 2. The van der Waals surface area contributed by atoms with Crippen molar-refractivity contribution in [2.24, 2.45) is 0 Å². The summed E-state index contributed by atoms with van der Waals surface area (Å²) in [6.07, 6.45) is -5.03. The molecule has 0 radical (unpaired) electrons. The van der Waals surface area contributed by atoms with Gasteiger partial charge in [0.1, 0.15) is 5.76 Å². The van der Waals surface area contributed by atoms with Crippen LogP contribution < -0.4 is 0 Å². The maximum absolute atomic E-state index is 11.7. The molecule has 96 valence electrons. The molecule has 0 aliphatic carbocycles. The minimum absolute atomic E-state index is 0.0668. The highest BCUT2D eigenvalue weighted by Gasteiger charge is 2.36. The molecule has 5 nitrogen and oxygen atoms in total. The van der Waals surface area contributed by atoms with Gasteiger partial charge < -0.3 is 14.9 Å². The molecule has 17 heavy (non-hydrogen) atoms. The van der Waals surface area contributed by atoms with E-state index in [1.54, 1.807) is 0 Å². The molecule has 8 heteroatoms. The van der Waals surface area contributed by atoms with E-state index in [9.17, 15) is 22.8 Å². The zero-order chi connectivity index (χ0) is 13.6. The van der Waals surface area contributed by atoms with Gasteiger partial charge in [0.05, 0.1) is 6.61 Å². The number of hydrogen-bond donors (Lipinski definition) is 2. The lowest BCUT2D eigenvalue weighted by molar-refractivity contribution is -0.165. The van der Waals surface area contributed by atoms with Gasteiger partial charge in [0.2, 0.25) is 5.76 Å². The average Bonchev–Trinajstić information content (AvgIpc) is 2.16. The minimum atomic E-state index is -5.14. The summed E-state index contributed by atoms with van der Waals surface area (Å²) in [5, 5.41) is 17.8. The molecule has 0 aliphatic heterocycles. The summed E-state index contributed by atoms with van der Waals surface area (Å²) in [5.74, 6) is -5.87. The molecule has 0 saturated heterocycles. The Morgan fingerprint density at radius 2 is 1.76 bits per heavy atom. The lowest BCUT2D eigenvalue weighted by atomic mass is 10.3. The van der Waals surface area contributed by atoms with Gasteiger partial charge in [-0.25, -0.2) is 4.79 Å². The molecule has 0 unspecified atom stereocenters. The van der Waals surface area contributed by atoms with Crippen molar-refractivity contribution >= 4 is 11.8 Å². The molecule has 0 aromatic heterocycles. The van der Waals surface area contributed by atoms with E-state index in [4.69, 9.17) is 10.2 Å². The molecule has 0 atom stereocenters. The predicted octanol–water partition coefficient (Wildman–Crippen LogP) is 1.56. The molecule has 0 bridgehead atoms. The minimum Gasteiger partial charge on any atom is -0.508 e. The number of alkyl halides is 3. The maximum Gasteiger partial charge on any atom is 0.454 e. The Hall–Kier alpha value is -1.99. The van der Waals surface area contributed by atoms with Crippen LogP contribution in [0, 0.1) is 0 Å². The zero-order valence-corrected chi connectivity index (χ0v) is 8.61. The Balaban J connectivity index is 4.79. The number of carbonyl (C=O) groups is 2. The summed E-state index contributed by atoms with van der Waals surface area (Å²) >= 11 is 0. The van der Waals surface area contributed by atoms with E-state index in [1.807, 2.05) is 0 Å². The first-order valence-electron chi connectivity index (χ1n) is 4.28. The number of esters is 1. The van der Waals surface area contributed by atoms with Gasteiger partial charge in [-0.2, -0.15) is 13.2 Å². The molecule has 0 spiro atoms. The SMILES string of the molecule is CCOC(=O)/C(O)=C/C(O)=C/C(=O)C(F)(F)F. The number of hydrogen-bond acceptors (Lipinski definition) is 5. The first-order chi connectivity index (χ1) is 7.68. The number of aliphatic hydroxyl groups is 2. The number of rotatable bonds is 4.